The van der Waals surface area contributed by atoms with Gasteiger partial charge in [-0.15, -0.1) is 0 Å². The van der Waals surface area contributed by atoms with E-state index >= 15 is 0 Å². The van der Waals surface area contributed by atoms with E-state index in [1.54, 1.807) is 12.1 Å². The summed E-state index contributed by atoms with van der Waals surface area (Å²) in [4.78, 5) is 13.5. The highest BCUT2D eigenvalue weighted by molar-refractivity contribution is 5.18. The van der Waals surface area contributed by atoms with Gasteiger partial charge in [0.25, 0.3) is 5.56 Å². The van der Waals surface area contributed by atoms with E-state index < -0.39 is 0 Å². The molecule has 4 nitrogen and oxygen atoms in total. The van der Waals surface area contributed by atoms with E-state index in [-0.39, 0.29) is 17.3 Å². The van der Waals surface area contributed by atoms with Gasteiger partial charge in [-0.25, -0.2) is 4.39 Å². The third kappa shape index (κ3) is 3.24. The molecule has 1 fully saturated rings. The zero-order valence-corrected chi connectivity index (χ0v) is 12.0. The van der Waals surface area contributed by atoms with E-state index in [0.29, 0.717) is 6.04 Å². The Balaban J connectivity index is 1.73. The number of likely N-dealkylation sites (N-methyl/N-ethyl adjacent to an activating group) is 1. The average molecular weight is 290 g/mol. The third-order valence-electron chi connectivity index (χ3n) is 4.32. The zero-order chi connectivity index (χ0) is 14.8. The first kappa shape index (κ1) is 14.1. The lowest BCUT2D eigenvalue weighted by Gasteiger charge is -2.36. The van der Waals surface area contributed by atoms with Crippen LogP contribution in [0.1, 0.15) is 30.1 Å². The number of rotatable bonds is 3. The van der Waals surface area contributed by atoms with Gasteiger partial charge in [0.15, 0.2) is 0 Å². The molecule has 5 heteroatoms. The summed E-state index contributed by atoms with van der Waals surface area (Å²) in [7, 11) is 2.09. The van der Waals surface area contributed by atoms with Crippen molar-refractivity contribution in [1.82, 2.24) is 10.1 Å². The molecule has 0 spiro atoms. The molecule has 1 aliphatic heterocycles. The number of benzene rings is 1. The van der Waals surface area contributed by atoms with Gasteiger partial charge >= 0.3 is 0 Å². The molecule has 0 aliphatic carbocycles. The topological polar surface area (TPSA) is 49.2 Å². The fourth-order valence-corrected chi connectivity index (χ4v) is 3.10. The Labute approximate surface area is 122 Å². The van der Waals surface area contributed by atoms with Crippen LogP contribution in [0.3, 0.4) is 0 Å². The van der Waals surface area contributed by atoms with Crippen LogP contribution < -0.4 is 5.56 Å². The van der Waals surface area contributed by atoms with Crippen molar-refractivity contribution in [1.29, 1.82) is 0 Å². The highest BCUT2D eigenvalue weighted by Gasteiger charge is 2.29. The summed E-state index contributed by atoms with van der Waals surface area (Å²) in [6, 6.07) is 8.62. The molecule has 1 saturated heterocycles. The Kier molecular flexibility index (Phi) is 3.92. The van der Waals surface area contributed by atoms with E-state index in [0.717, 1.165) is 37.1 Å². The van der Waals surface area contributed by atoms with Crippen molar-refractivity contribution in [2.75, 3.05) is 13.6 Å². The number of likely N-dealkylation sites (tertiary alicyclic amines) is 1. The minimum absolute atomic E-state index is 0.189. The van der Waals surface area contributed by atoms with Crippen LogP contribution in [-0.4, -0.2) is 29.7 Å². The number of piperidine rings is 1. The number of halogens is 1. The number of aromatic amines is 1. The summed E-state index contributed by atoms with van der Waals surface area (Å²) >= 11 is 0. The molecule has 112 valence electrons. The van der Waals surface area contributed by atoms with Crippen LogP contribution >= 0.6 is 0 Å². The van der Waals surface area contributed by atoms with E-state index in [4.69, 9.17) is 4.52 Å². The van der Waals surface area contributed by atoms with Gasteiger partial charge in [-0.3, -0.25) is 4.79 Å². The first-order valence-electron chi connectivity index (χ1n) is 7.25. The fraction of sp³-hybridized carbons (Fsp3) is 0.438. The van der Waals surface area contributed by atoms with Gasteiger partial charge in [0.05, 0.1) is 0 Å². The molecular formula is C16H19FN2O2. The number of nitrogens with one attached hydrogen (secondary N) is 1. The van der Waals surface area contributed by atoms with Crippen molar-refractivity contribution in [3.8, 4) is 0 Å². The molecule has 1 aromatic carbocycles. The molecule has 0 radical (unpaired) electrons. The van der Waals surface area contributed by atoms with Crippen molar-refractivity contribution in [3.63, 3.8) is 0 Å². The zero-order valence-electron chi connectivity index (χ0n) is 12.0. The normalized spacial score (nSPS) is 23.3. The Morgan fingerprint density at radius 2 is 2.29 bits per heavy atom. The molecule has 3 rings (SSSR count). The van der Waals surface area contributed by atoms with Crippen LogP contribution in [0.5, 0.6) is 0 Å². The summed E-state index contributed by atoms with van der Waals surface area (Å²) in [5.74, 6) is 0.787. The molecule has 0 unspecified atom stereocenters. The lowest BCUT2D eigenvalue weighted by Crippen LogP contribution is -2.40. The van der Waals surface area contributed by atoms with Crippen LogP contribution in [-0.2, 0) is 6.42 Å². The van der Waals surface area contributed by atoms with Crippen molar-refractivity contribution in [2.45, 2.75) is 31.2 Å². The molecule has 0 amide bonds. The van der Waals surface area contributed by atoms with Crippen LogP contribution in [0.2, 0.25) is 0 Å². The predicted molar refractivity (Wildman–Crippen MR) is 77.8 cm³/mol. The number of hydrogen-bond acceptors (Lipinski definition) is 3. The first-order chi connectivity index (χ1) is 10.1. The number of nitrogens with zero attached hydrogens (tertiary/aromatic N) is 1. The second-order valence-corrected chi connectivity index (χ2v) is 5.80. The minimum Gasteiger partial charge on any atom is -0.383 e. The lowest BCUT2D eigenvalue weighted by molar-refractivity contribution is 0.155. The summed E-state index contributed by atoms with van der Waals surface area (Å²) in [6.45, 7) is 0.944. The van der Waals surface area contributed by atoms with Gasteiger partial charge in [0.2, 0.25) is 0 Å². The third-order valence-corrected chi connectivity index (χ3v) is 4.32. The maximum absolute atomic E-state index is 13.3. The second kappa shape index (κ2) is 5.85. The van der Waals surface area contributed by atoms with Crippen LogP contribution in [0.25, 0.3) is 0 Å². The Morgan fingerprint density at radius 3 is 3.00 bits per heavy atom. The number of aromatic nitrogens is 1. The van der Waals surface area contributed by atoms with Crippen molar-refractivity contribution < 1.29 is 8.91 Å². The standard InChI is InChI=1S/C16H19FN2O2/c1-19-6-5-12(15-10-16(20)18-21-15)9-14(19)8-11-3-2-4-13(17)7-11/h2-4,7,10,12,14H,5-6,8-9H2,1H3,(H,18,20)/t12-,14-/m1/s1. The minimum atomic E-state index is -0.195. The van der Waals surface area contributed by atoms with E-state index in [1.807, 2.05) is 6.07 Å². The molecule has 2 atom stereocenters. The Bertz CT molecular complexity index is 664. The van der Waals surface area contributed by atoms with Gasteiger partial charge in [-0.1, -0.05) is 12.1 Å². The smallest absolute Gasteiger partial charge is 0.280 e. The van der Waals surface area contributed by atoms with E-state index in [1.165, 1.54) is 12.1 Å². The predicted octanol–water partition coefficient (Wildman–Crippen LogP) is 2.53. The lowest BCUT2D eigenvalue weighted by atomic mass is 9.86. The quantitative estimate of drug-likeness (QED) is 0.945. The highest BCUT2D eigenvalue weighted by Crippen LogP contribution is 2.31. The van der Waals surface area contributed by atoms with Gasteiger partial charge < -0.3 is 9.42 Å². The monoisotopic (exact) mass is 290 g/mol. The van der Waals surface area contributed by atoms with E-state index in [9.17, 15) is 9.18 Å². The second-order valence-electron chi connectivity index (χ2n) is 5.80. The molecule has 0 saturated carbocycles. The maximum atomic E-state index is 13.3. The van der Waals surface area contributed by atoms with E-state index in [2.05, 4.69) is 17.1 Å². The van der Waals surface area contributed by atoms with Crippen LogP contribution in [0.15, 0.2) is 39.6 Å². The molecular weight excluding hydrogens is 271 g/mol. The van der Waals surface area contributed by atoms with Crippen molar-refractivity contribution in [3.05, 3.63) is 57.8 Å². The SMILES string of the molecule is CN1CC[C@@H](c2cc(=O)[nH]o2)C[C@H]1Cc1cccc(F)c1. The van der Waals surface area contributed by atoms with Gasteiger partial charge in [0.1, 0.15) is 11.6 Å². The van der Waals surface area contributed by atoms with Crippen LogP contribution in [0.4, 0.5) is 4.39 Å². The summed E-state index contributed by atoms with van der Waals surface area (Å²) in [6.07, 6.45) is 2.68. The van der Waals surface area contributed by atoms with Crippen LogP contribution in [0, 0.1) is 5.82 Å². The summed E-state index contributed by atoms with van der Waals surface area (Å²) in [5, 5.41) is 2.36. The molecule has 1 aromatic heterocycles. The fourth-order valence-electron chi connectivity index (χ4n) is 3.10. The van der Waals surface area contributed by atoms with Crippen molar-refractivity contribution in [2.24, 2.45) is 0 Å². The number of H-pyrrole nitrogens is 1. The van der Waals surface area contributed by atoms with Gasteiger partial charge in [-0.05, 0) is 50.6 Å². The molecule has 2 aromatic rings. The Hall–Kier alpha value is -1.88. The number of hydrogen-bond donors (Lipinski definition) is 1. The summed E-state index contributed by atoms with van der Waals surface area (Å²) < 4.78 is 18.5. The average Bonchev–Trinajstić information content (AvgIpc) is 2.88. The van der Waals surface area contributed by atoms with Gasteiger partial charge in [-0.2, -0.15) is 5.16 Å². The largest absolute Gasteiger partial charge is 0.383 e. The van der Waals surface area contributed by atoms with Gasteiger partial charge in [0, 0.05) is 18.0 Å². The maximum Gasteiger partial charge on any atom is 0.280 e. The molecule has 2 heterocycles. The molecule has 1 aliphatic rings. The molecule has 21 heavy (non-hydrogen) atoms. The Morgan fingerprint density at radius 1 is 1.43 bits per heavy atom. The highest BCUT2D eigenvalue weighted by atomic mass is 19.1. The first-order valence-corrected chi connectivity index (χ1v) is 7.25. The molecule has 1 N–H and O–H groups in total. The van der Waals surface area contributed by atoms with Crippen molar-refractivity contribution >= 4 is 0 Å². The molecule has 0 bridgehead atoms. The summed E-state index contributed by atoms with van der Waals surface area (Å²) in [5.41, 5.74) is 0.814.